The van der Waals surface area contributed by atoms with Crippen LogP contribution in [-0.4, -0.2) is 11.9 Å². The molecule has 0 aliphatic rings. The number of hydrogen-bond donors (Lipinski definition) is 0. The van der Waals surface area contributed by atoms with Gasteiger partial charge in [-0.05, 0) is 11.1 Å². The molecule has 0 aliphatic carbocycles. The van der Waals surface area contributed by atoms with E-state index in [1.807, 2.05) is 60.7 Å². The van der Waals surface area contributed by atoms with Crippen LogP contribution < -0.4 is 10.2 Å². The standard InChI is InChI=1S/2C7H6O2.2C5H5.Hf/c2*8-7(9)6-4-2-1-3-5-6;2*1-2-4-5-3-1;/h2*1-5H,(H,8,9);2*1-5H;/q;;2*-1;+4/p-2. The summed E-state index contributed by atoms with van der Waals surface area (Å²) in [6.45, 7) is 0. The molecule has 4 aromatic carbocycles. The summed E-state index contributed by atoms with van der Waals surface area (Å²) in [6.07, 6.45) is 0. The second-order valence-electron chi connectivity index (χ2n) is 5.23. The Labute approximate surface area is 189 Å². The maximum absolute atomic E-state index is 10.1. The van der Waals surface area contributed by atoms with Crippen molar-refractivity contribution in [1.29, 1.82) is 0 Å². The van der Waals surface area contributed by atoms with E-state index in [1.54, 1.807) is 36.4 Å². The van der Waals surface area contributed by atoms with E-state index in [2.05, 4.69) is 0 Å². The van der Waals surface area contributed by atoms with E-state index in [0.29, 0.717) is 0 Å². The molecule has 4 nitrogen and oxygen atoms in total. The Morgan fingerprint density at radius 2 is 0.793 bits per heavy atom. The average Bonchev–Trinajstić information content (AvgIpc) is 3.48. The third kappa shape index (κ3) is 13.7. The number of benzene rings is 2. The van der Waals surface area contributed by atoms with Crippen molar-refractivity contribution in [2.45, 2.75) is 0 Å². The Kier molecular flexibility index (Phi) is 15.3. The van der Waals surface area contributed by atoms with Gasteiger partial charge < -0.3 is 19.8 Å². The number of carboxylic acid groups (broad SMARTS) is 2. The monoisotopic (exact) mass is 552 g/mol. The van der Waals surface area contributed by atoms with Gasteiger partial charge in [0, 0.05) is 0 Å². The topological polar surface area (TPSA) is 80.3 Å². The molecule has 0 saturated carbocycles. The Morgan fingerprint density at radius 1 is 0.517 bits per heavy atom. The van der Waals surface area contributed by atoms with E-state index in [9.17, 15) is 19.8 Å². The number of carboxylic acids is 2. The van der Waals surface area contributed by atoms with Crippen molar-refractivity contribution in [2.24, 2.45) is 0 Å². The minimum atomic E-state index is -1.13. The number of rotatable bonds is 2. The van der Waals surface area contributed by atoms with Crippen LogP contribution in [0.5, 0.6) is 0 Å². The van der Waals surface area contributed by atoms with Crippen LogP contribution in [-0.2, 0) is 25.8 Å². The van der Waals surface area contributed by atoms with Crippen LogP contribution in [0.3, 0.4) is 0 Å². The van der Waals surface area contributed by atoms with Gasteiger partial charge in [-0.25, -0.2) is 24.3 Å². The molecule has 0 unspecified atom stereocenters. The largest absolute Gasteiger partial charge is 4.00 e. The average molecular weight is 551 g/mol. The number of carbonyl (C=O) groups excluding carboxylic acids is 2. The van der Waals surface area contributed by atoms with Crippen molar-refractivity contribution in [3.8, 4) is 0 Å². The van der Waals surface area contributed by atoms with Crippen molar-refractivity contribution in [1.82, 2.24) is 0 Å². The van der Waals surface area contributed by atoms with Crippen molar-refractivity contribution in [3.05, 3.63) is 132 Å². The molecule has 0 spiro atoms. The Balaban J connectivity index is 0.000000369. The summed E-state index contributed by atoms with van der Waals surface area (Å²) in [5, 5.41) is 20.2. The van der Waals surface area contributed by atoms with E-state index >= 15 is 0 Å². The van der Waals surface area contributed by atoms with Crippen molar-refractivity contribution in [2.75, 3.05) is 0 Å². The van der Waals surface area contributed by atoms with Gasteiger partial charge in [-0.3, -0.25) is 0 Å². The molecule has 0 aliphatic heterocycles. The maximum Gasteiger partial charge on any atom is 4.00 e. The second kappa shape index (κ2) is 17.1. The molecule has 5 heteroatoms. The first kappa shape index (κ1) is 26.0. The zero-order valence-electron chi connectivity index (χ0n) is 15.7. The number of hydrogen-bond acceptors (Lipinski definition) is 4. The smallest absolute Gasteiger partial charge is 0.545 e. The summed E-state index contributed by atoms with van der Waals surface area (Å²) < 4.78 is 0. The first-order chi connectivity index (χ1) is 13.6. The second-order valence-corrected chi connectivity index (χ2v) is 5.23. The molecular weight excluding hydrogens is 531 g/mol. The van der Waals surface area contributed by atoms with Gasteiger partial charge in [0.25, 0.3) is 0 Å². The first-order valence-corrected chi connectivity index (χ1v) is 8.47. The third-order valence-corrected chi connectivity index (χ3v) is 3.13. The zero-order valence-corrected chi connectivity index (χ0v) is 19.3. The van der Waals surface area contributed by atoms with Gasteiger partial charge in [0.05, 0.1) is 11.9 Å². The SMILES string of the molecule is O=C([O-])c1ccccc1.O=C([O-])c1ccccc1.[Hf+4].c1cc[cH-]c1.c1cc[cH-]c1. The molecule has 0 saturated heterocycles. The van der Waals surface area contributed by atoms with Crippen LogP contribution in [0.25, 0.3) is 0 Å². The fourth-order valence-electron chi connectivity index (χ4n) is 1.79. The van der Waals surface area contributed by atoms with Crippen LogP contribution in [0.15, 0.2) is 121 Å². The summed E-state index contributed by atoms with van der Waals surface area (Å²) in [5.74, 6) is -2.26. The third-order valence-electron chi connectivity index (χ3n) is 3.13. The molecule has 0 radical (unpaired) electrons. The molecule has 0 N–H and O–H groups in total. The fourth-order valence-corrected chi connectivity index (χ4v) is 1.79. The van der Waals surface area contributed by atoms with Crippen LogP contribution in [0.4, 0.5) is 0 Å². The molecule has 0 fully saturated rings. The predicted octanol–water partition coefficient (Wildman–Crippen LogP) is 2.91. The molecular formula is C24H20HfO4. The van der Waals surface area contributed by atoms with Crippen LogP contribution in [0.2, 0.25) is 0 Å². The molecule has 0 heterocycles. The van der Waals surface area contributed by atoms with Crippen molar-refractivity contribution in [3.63, 3.8) is 0 Å². The Bertz CT molecular complexity index is 746. The fraction of sp³-hybridized carbons (Fsp3) is 0. The minimum absolute atomic E-state index is 0. The van der Waals surface area contributed by atoms with Crippen molar-refractivity contribution < 1.29 is 45.6 Å². The molecule has 0 amide bonds. The Hall–Kier alpha value is -3.05. The van der Waals surface area contributed by atoms with Crippen LogP contribution >= 0.6 is 0 Å². The molecule has 29 heavy (non-hydrogen) atoms. The van der Waals surface area contributed by atoms with Crippen LogP contribution in [0, 0.1) is 0 Å². The van der Waals surface area contributed by atoms with E-state index < -0.39 is 11.9 Å². The van der Waals surface area contributed by atoms with Gasteiger partial charge in [0.15, 0.2) is 0 Å². The zero-order chi connectivity index (χ0) is 20.5. The molecule has 144 valence electrons. The maximum atomic E-state index is 10.1. The molecule has 4 rings (SSSR count). The van der Waals surface area contributed by atoms with E-state index in [0.717, 1.165) is 0 Å². The summed E-state index contributed by atoms with van der Waals surface area (Å²) >= 11 is 0. The van der Waals surface area contributed by atoms with E-state index in [1.165, 1.54) is 24.3 Å². The number of carbonyl (C=O) groups is 2. The van der Waals surface area contributed by atoms with Gasteiger partial charge in [-0.15, -0.1) is 0 Å². The summed E-state index contributed by atoms with van der Waals surface area (Å²) in [5.41, 5.74) is 0.440. The quantitative estimate of drug-likeness (QED) is 0.284. The van der Waals surface area contributed by atoms with Gasteiger partial charge in [0.2, 0.25) is 0 Å². The first-order valence-electron chi connectivity index (χ1n) is 8.47. The van der Waals surface area contributed by atoms with Crippen LogP contribution in [0.1, 0.15) is 20.7 Å². The summed E-state index contributed by atoms with van der Waals surface area (Å²) in [4.78, 5) is 20.2. The van der Waals surface area contributed by atoms with Gasteiger partial charge in [0.1, 0.15) is 0 Å². The predicted molar refractivity (Wildman–Crippen MR) is 106 cm³/mol. The molecule has 0 aromatic heterocycles. The number of aromatic carboxylic acids is 2. The van der Waals surface area contributed by atoms with E-state index in [4.69, 9.17) is 0 Å². The van der Waals surface area contributed by atoms with Gasteiger partial charge in [-0.2, -0.15) is 36.4 Å². The normalized spacial score (nSPS) is 8.28. The van der Waals surface area contributed by atoms with Gasteiger partial charge in [-0.1, -0.05) is 60.7 Å². The van der Waals surface area contributed by atoms with E-state index in [-0.39, 0.29) is 37.0 Å². The molecule has 0 bridgehead atoms. The minimum Gasteiger partial charge on any atom is -0.545 e. The summed E-state index contributed by atoms with van der Waals surface area (Å²) in [7, 11) is 0. The van der Waals surface area contributed by atoms with Crippen molar-refractivity contribution >= 4 is 11.9 Å². The summed E-state index contributed by atoms with van der Waals surface area (Å²) in [6, 6.07) is 36.1. The molecule has 0 atom stereocenters. The Morgan fingerprint density at radius 3 is 0.931 bits per heavy atom. The molecule has 4 aromatic rings. The van der Waals surface area contributed by atoms with Gasteiger partial charge >= 0.3 is 25.8 Å².